The van der Waals surface area contributed by atoms with Crippen LogP contribution in [-0.4, -0.2) is 18.4 Å². The molecule has 0 radical (unpaired) electrons. The maximum atomic E-state index is 12.5. The second-order valence-electron chi connectivity index (χ2n) is 5.98. The lowest BCUT2D eigenvalue weighted by atomic mass is 10.1. The molecule has 5 nitrogen and oxygen atoms in total. The van der Waals surface area contributed by atoms with Crippen molar-refractivity contribution in [3.05, 3.63) is 58.6 Å². The molecule has 2 aromatic rings. The number of halogens is 1. The van der Waals surface area contributed by atoms with E-state index >= 15 is 0 Å². The largest absolute Gasteiger partial charge is 0.326 e. The molecular formula is C19H16ClN3O2. The molecule has 0 spiro atoms. The Morgan fingerprint density at radius 1 is 1.32 bits per heavy atom. The quantitative estimate of drug-likeness (QED) is 0.917. The number of carbonyl (C=O) groups is 2. The molecule has 1 heterocycles. The Labute approximate surface area is 150 Å². The van der Waals surface area contributed by atoms with Crippen molar-refractivity contribution in [1.82, 2.24) is 0 Å². The van der Waals surface area contributed by atoms with Gasteiger partial charge in [-0.15, -0.1) is 0 Å². The molecule has 2 aromatic carbocycles. The van der Waals surface area contributed by atoms with Crippen LogP contribution >= 0.6 is 11.6 Å². The predicted molar refractivity (Wildman–Crippen MR) is 96.4 cm³/mol. The van der Waals surface area contributed by atoms with E-state index in [2.05, 4.69) is 11.4 Å². The Kier molecular flexibility index (Phi) is 4.73. The first-order chi connectivity index (χ1) is 12.0. The summed E-state index contributed by atoms with van der Waals surface area (Å²) in [6, 6.07) is 14.2. The van der Waals surface area contributed by atoms with Crippen LogP contribution < -0.4 is 10.2 Å². The lowest BCUT2D eigenvalue weighted by Gasteiger charge is -2.18. The number of nitrogens with one attached hydrogen (secondary N) is 1. The van der Waals surface area contributed by atoms with E-state index in [9.17, 15) is 14.9 Å². The zero-order valence-corrected chi connectivity index (χ0v) is 14.4. The number of para-hydroxylation sites is 1. The van der Waals surface area contributed by atoms with Crippen molar-refractivity contribution in [2.45, 2.75) is 13.3 Å². The van der Waals surface area contributed by atoms with Crippen LogP contribution in [0, 0.1) is 24.2 Å². The summed E-state index contributed by atoms with van der Waals surface area (Å²) in [5.41, 5.74) is 2.51. The fourth-order valence-electron chi connectivity index (χ4n) is 2.92. The first kappa shape index (κ1) is 17.0. The van der Waals surface area contributed by atoms with Crippen molar-refractivity contribution in [3.63, 3.8) is 0 Å². The molecule has 0 saturated carbocycles. The van der Waals surface area contributed by atoms with Gasteiger partial charge in [0.25, 0.3) is 0 Å². The summed E-state index contributed by atoms with van der Waals surface area (Å²) < 4.78 is 0. The Balaban J connectivity index is 1.76. The third-order valence-electron chi connectivity index (χ3n) is 4.26. The van der Waals surface area contributed by atoms with Crippen LogP contribution in [0.5, 0.6) is 0 Å². The van der Waals surface area contributed by atoms with Gasteiger partial charge in [-0.05, 0) is 42.8 Å². The van der Waals surface area contributed by atoms with Crippen LogP contribution in [0.3, 0.4) is 0 Å². The number of anilines is 2. The number of amides is 2. The van der Waals surface area contributed by atoms with Crippen LogP contribution in [0.2, 0.25) is 5.02 Å². The highest BCUT2D eigenvalue weighted by molar-refractivity contribution is 6.30. The van der Waals surface area contributed by atoms with E-state index in [4.69, 9.17) is 11.6 Å². The molecular weight excluding hydrogens is 338 g/mol. The van der Waals surface area contributed by atoms with Crippen LogP contribution in [0.1, 0.15) is 17.5 Å². The monoisotopic (exact) mass is 353 g/mol. The Bertz CT molecular complexity index is 888. The van der Waals surface area contributed by atoms with Crippen molar-refractivity contribution >= 4 is 34.8 Å². The lowest BCUT2D eigenvalue weighted by Crippen LogP contribution is -2.28. The van der Waals surface area contributed by atoms with Gasteiger partial charge in [-0.3, -0.25) is 9.59 Å². The highest BCUT2D eigenvalue weighted by Crippen LogP contribution is 2.29. The van der Waals surface area contributed by atoms with Gasteiger partial charge < -0.3 is 10.2 Å². The zero-order chi connectivity index (χ0) is 18.0. The zero-order valence-electron chi connectivity index (χ0n) is 13.6. The number of carbonyl (C=O) groups excluding carboxylic acids is 2. The second kappa shape index (κ2) is 6.96. The van der Waals surface area contributed by atoms with E-state index in [1.807, 2.05) is 6.92 Å². The van der Waals surface area contributed by atoms with Crippen molar-refractivity contribution < 1.29 is 9.59 Å². The number of rotatable bonds is 3. The maximum Gasteiger partial charge on any atom is 0.229 e. The van der Waals surface area contributed by atoms with Crippen LogP contribution in [0.4, 0.5) is 11.4 Å². The number of hydrogen-bond acceptors (Lipinski definition) is 3. The van der Waals surface area contributed by atoms with Gasteiger partial charge in [0.2, 0.25) is 11.8 Å². The van der Waals surface area contributed by atoms with Gasteiger partial charge >= 0.3 is 0 Å². The topological polar surface area (TPSA) is 73.2 Å². The van der Waals surface area contributed by atoms with E-state index in [1.165, 1.54) is 4.90 Å². The number of aryl methyl sites for hydroxylation is 1. The number of benzene rings is 2. The molecule has 0 bridgehead atoms. The van der Waals surface area contributed by atoms with Crippen LogP contribution in [0.15, 0.2) is 42.5 Å². The molecule has 2 amide bonds. The summed E-state index contributed by atoms with van der Waals surface area (Å²) in [7, 11) is 0. The van der Waals surface area contributed by atoms with Gasteiger partial charge in [0, 0.05) is 23.7 Å². The molecule has 0 aliphatic carbocycles. The highest BCUT2D eigenvalue weighted by Gasteiger charge is 2.36. The second-order valence-corrected chi connectivity index (χ2v) is 6.42. The van der Waals surface area contributed by atoms with Gasteiger partial charge in [0.1, 0.15) is 6.07 Å². The van der Waals surface area contributed by atoms with E-state index in [-0.39, 0.29) is 24.8 Å². The summed E-state index contributed by atoms with van der Waals surface area (Å²) >= 11 is 5.92. The van der Waals surface area contributed by atoms with Gasteiger partial charge in [0.05, 0.1) is 17.2 Å². The standard InChI is InChI=1S/C19H16ClN3O2/c1-12-8-15(20)6-7-16(12)22-19(25)14-9-18(24)23(11-14)17-5-3-2-4-13(17)10-21/h2-8,14H,9,11H2,1H3,(H,22,25). The first-order valence-electron chi connectivity index (χ1n) is 7.86. The Morgan fingerprint density at radius 2 is 2.08 bits per heavy atom. The molecule has 1 aliphatic heterocycles. The fraction of sp³-hybridized carbons (Fsp3) is 0.211. The third kappa shape index (κ3) is 3.49. The summed E-state index contributed by atoms with van der Waals surface area (Å²) in [4.78, 5) is 26.4. The Hall–Kier alpha value is -2.84. The minimum Gasteiger partial charge on any atom is -0.326 e. The van der Waals surface area contributed by atoms with Gasteiger partial charge in [-0.25, -0.2) is 0 Å². The molecule has 1 fully saturated rings. The third-order valence-corrected chi connectivity index (χ3v) is 4.49. The lowest BCUT2D eigenvalue weighted by molar-refractivity contribution is -0.122. The van der Waals surface area contributed by atoms with Crippen LogP contribution in [0.25, 0.3) is 0 Å². The average molecular weight is 354 g/mol. The summed E-state index contributed by atoms with van der Waals surface area (Å²) in [5, 5.41) is 12.7. The van der Waals surface area contributed by atoms with E-state index in [0.717, 1.165) is 5.56 Å². The van der Waals surface area contributed by atoms with Gasteiger partial charge in [-0.2, -0.15) is 5.26 Å². The molecule has 1 unspecified atom stereocenters. The number of nitriles is 1. The molecule has 6 heteroatoms. The minimum atomic E-state index is -0.464. The summed E-state index contributed by atoms with van der Waals surface area (Å²) in [6.45, 7) is 2.12. The number of nitrogens with zero attached hydrogens (tertiary/aromatic N) is 2. The molecule has 1 saturated heterocycles. The van der Waals surface area contributed by atoms with Crippen molar-refractivity contribution in [2.24, 2.45) is 5.92 Å². The summed E-state index contributed by atoms with van der Waals surface area (Å²) in [5.74, 6) is -0.833. The number of hydrogen-bond donors (Lipinski definition) is 1. The smallest absolute Gasteiger partial charge is 0.229 e. The minimum absolute atomic E-state index is 0.123. The van der Waals surface area contributed by atoms with Gasteiger partial charge in [0.15, 0.2) is 0 Å². The molecule has 1 aliphatic rings. The van der Waals surface area contributed by atoms with E-state index < -0.39 is 5.92 Å². The molecule has 3 rings (SSSR count). The maximum absolute atomic E-state index is 12.5. The molecule has 1 atom stereocenters. The molecule has 0 aromatic heterocycles. The van der Waals surface area contributed by atoms with Crippen molar-refractivity contribution in [2.75, 3.05) is 16.8 Å². The summed E-state index contributed by atoms with van der Waals surface area (Å²) in [6.07, 6.45) is 0.123. The fourth-order valence-corrected chi connectivity index (χ4v) is 3.15. The Morgan fingerprint density at radius 3 is 2.80 bits per heavy atom. The van der Waals surface area contributed by atoms with Gasteiger partial charge in [-0.1, -0.05) is 23.7 Å². The first-order valence-corrected chi connectivity index (χ1v) is 8.24. The van der Waals surface area contributed by atoms with E-state index in [0.29, 0.717) is 22.0 Å². The molecule has 25 heavy (non-hydrogen) atoms. The average Bonchev–Trinajstić information content (AvgIpc) is 2.99. The highest BCUT2D eigenvalue weighted by atomic mass is 35.5. The van der Waals surface area contributed by atoms with Crippen molar-refractivity contribution in [1.29, 1.82) is 5.26 Å². The van der Waals surface area contributed by atoms with Crippen molar-refractivity contribution in [3.8, 4) is 6.07 Å². The SMILES string of the molecule is Cc1cc(Cl)ccc1NC(=O)C1CC(=O)N(c2ccccc2C#N)C1. The normalized spacial score (nSPS) is 16.6. The molecule has 1 N–H and O–H groups in total. The predicted octanol–water partition coefficient (Wildman–Crippen LogP) is 3.51. The van der Waals surface area contributed by atoms with E-state index in [1.54, 1.807) is 42.5 Å². The molecule has 126 valence electrons. The van der Waals surface area contributed by atoms with Crippen LogP contribution in [-0.2, 0) is 9.59 Å².